The van der Waals surface area contributed by atoms with E-state index < -0.39 is 0 Å². The average Bonchev–Trinajstić information content (AvgIpc) is 3.13. The number of aromatic nitrogens is 5. The maximum absolute atomic E-state index is 6.69. The Labute approximate surface area is 206 Å². The number of hydrogen-bond acceptors (Lipinski definition) is 9. The Bertz CT molecular complexity index is 1390. The standard InChI is InChI=1S/C24H23ClN8S/c25-20-17(5-9-29-22(20)27)34-19-4-3-15-23(32-19)30-13-18(31-15)33-10-6-24(7-11-33)12-16-14(21(24)26)2-1-8-28-16/h1-5,8-9,13,21H,6-7,10-12,26H2,(H2,27,29)/t21-/m0/s1. The van der Waals surface area contributed by atoms with Crippen LogP contribution >= 0.6 is 23.4 Å². The fourth-order valence-electron chi connectivity index (χ4n) is 5.04. The van der Waals surface area contributed by atoms with Crippen LogP contribution in [0.15, 0.2) is 58.8 Å². The summed E-state index contributed by atoms with van der Waals surface area (Å²) in [5.74, 6) is 1.18. The summed E-state index contributed by atoms with van der Waals surface area (Å²) < 4.78 is 0. The zero-order valence-electron chi connectivity index (χ0n) is 18.4. The summed E-state index contributed by atoms with van der Waals surface area (Å²) in [5, 5.41) is 1.20. The second-order valence-electron chi connectivity index (χ2n) is 8.87. The van der Waals surface area contributed by atoms with Crippen LogP contribution in [0.5, 0.6) is 0 Å². The van der Waals surface area contributed by atoms with E-state index in [-0.39, 0.29) is 11.5 Å². The average molecular weight is 491 g/mol. The molecule has 1 spiro atoms. The summed E-state index contributed by atoms with van der Waals surface area (Å²) in [6, 6.07) is 9.84. The lowest BCUT2D eigenvalue weighted by Crippen LogP contribution is -2.44. The molecule has 1 atom stereocenters. The van der Waals surface area contributed by atoms with Gasteiger partial charge in [-0.1, -0.05) is 29.4 Å². The minimum absolute atomic E-state index is 0.0467. The van der Waals surface area contributed by atoms with Crippen LogP contribution in [0, 0.1) is 5.41 Å². The van der Waals surface area contributed by atoms with E-state index in [4.69, 9.17) is 28.1 Å². The van der Waals surface area contributed by atoms with Gasteiger partial charge in [-0.2, -0.15) is 0 Å². The van der Waals surface area contributed by atoms with Crippen molar-refractivity contribution in [3.63, 3.8) is 0 Å². The van der Waals surface area contributed by atoms with E-state index in [9.17, 15) is 0 Å². The monoisotopic (exact) mass is 490 g/mol. The van der Waals surface area contributed by atoms with E-state index in [1.54, 1.807) is 6.20 Å². The van der Waals surface area contributed by atoms with Crippen LogP contribution in [0.2, 0.25) is 5.02 Å². The molecule has 1 aliphatic heterocycles. The number of hydrogen-bond donors (Lipinski definition) is 2. The van der Waals surface area contributed by atoms with Crippen molar-refractivity contribution < 1.29 is 0 Å². The fraction of sp³-hybridized carbons (Fsp3) is 0.292. The van der Waals surface area contributed by atoms with E-state index in [0.717, 1.165) is 59.3 Å². The molecular weight excluding hydrogens is 468 g/mol. The van der Waals surface area contributed by atoms with Gasteiger partial charge in [0.1, 0.15) is 22.2 Å². The third kappa shape index (κ3) is 3.64. The number of piperidine rings is 1. The van der Waals surface area contributed by atoms with Gasteiger partial charge in [0.15, 0.2) is 5.65 Å². The van der Waals surface area contributed by atoms with Crippen LogP contribution in [-0.2, 0) is 6.42 Å². The lowest BCUT2D eigenvalue weighted by atomic mass is 9.73. The maximum Gasteiger partial charge on any atom is 0.179 e. The molecule has 0 bridgehead atoms. The molecular formula is C24H23ClN8S. The lowest BCUT2D eigenvalue weighted by molar-refractivity contribution is 0.186. The van der Waals surface area contributed by atoms with Gasteiger partial charge in [0.05, 0.1) is 11.2 Å². The summed E-state index contributed by atoms with van der Waals surface area (Å²) >= 11 is 7.69. The van der Waals surface area contributed by atoms with Crippen LogP contribution in [0.1, 0.15) is 30.1 Å². The Balaban J connectivity index is 1.18. The van der Waals surface area contributed by atoms with Crippen molar-refractivity contribution in [2.45, 2.75) is 35.2 Å². The molecule has 0 amide bonds. The van der Waals surface area contributed by atoms with Gasteiger partial charge in [0.2, 0.25) is 0 Å². The van der Waals surface area contributed by atoms with Gasteiger partial charge >= 0.3 is 0 Å². The first-order valence-corrected chi connectivity index (χ1v) is 12.4. The number of pyridine rings is 3. The number of rotatable bonds is 3. The highest BCUT2D eigenvalue weighted by Gasteiger charge is 2.46. The molecule has 1 saturated heterocycles. The Kier molecular flexibility index (Phi) is 5.28. The van der Waals surface area contributed by atoms with Crippen LogP contribution < -0.4 is 16.4 Å². The number of nitrogens with zero attached hydrogens (tertiary/aromatic N) is 6. The highest BCUT2D eigenvalue weighted by molar-refractivity contribution is 7.99. The Hall–Kier alpha value is -3.01. The molecule has 4 aromatic rings. The molecule has 4 aromatic heterocycles. The summed E-state index contributed by atoms with van der Waals surface area (Å²) in [6.45, 7) is 1.79. The molecule has 0 radical (unpaired) electrons. The van der Waals surface area contributed by atoms with Crippen molar-refractivity contribution in [3.8, 4) is 0 Å². The Morgan fingerprint density at radius 2 is 1.88 bits per heavy atom. The molecule has 172 valence electrons. The highest BCUT2D eigenvalue weighted by Crippen LogP contribution is 2.50. The second kappa shape index (κ2) is 8.33. The largest absolute Gasteiger partial charge is 0.382 e. The molecule has 2 aliphatic rings. The quantitative estimate of drug-likeness (QED) is 0.438. The molecule has 1 aliphatic carbocycles. The molecule has 0 saturated carbocycles. The molecule has 0 aromatic carbocycles. The van der Waals surface area contributed by atoms with Crippen LogP contribution in [0.25, 0.3) is 11.2 Å². The number of nitrogens with two attached hydrogens (primary N) is 2. The third-order valence-electron chi connectivity index (χ3n) is 6.98. The molecule has 5 heterocycles. The Morgan fingerprint density at radius 3 is 2.71 bits per heavy atom. The number of anilines is 2. The van der Waals surface area contributed by atoms with Crippen LogP contribution in [0.3, 0.4) is 0 Å². The second-order valence-corrected chi connectivity index (χ2v) is 10.3. The molecule has 1 fully saturated rings. The van der Waals surface area contributed by atoms with Crippen LogP contribution in [0.4, 0.5) is 11.6 Å². The summed E-state index contributed by atoms with van der Waals surface area (Å²) in [7, 11) is 0. The number of halogens is 1. The zero-order chi connectivity index (χ0) is 23.3. The number of nitrogen functional groups attached to an aromatic ring is 1. The van der Waals surface area contributed by atoms with E-state index in [1.807, 2.05) is 36.7 Å². The molecule has 6 rings (SSSR count). The van der Waals surface area contributed by atoms with Gasteiger partial charge in [0, 0.05) is 42.1 Å². The minimum Gasteiger partial charge on any atom is -0.382 e. The van der Waals surface area contributed by atoms with Gasteiger partial charge in [-0.05, 0) is 54.5 Å². The Morgan fingerprint density at radius 1 is 1.03 bits per heavy atom. The lowest BCUT2D eigenvalue weighted by Gasteiger charge is -2.42. The summed E-state index contributed by atoms with van der Waals surface area (Å²) in [5.41, 5.74) is 16.3. The van der Waals surface area contributed by atoms with Crippen molar-refractivity contribution in [1.82, 2.24) is 24.9 Å². The van der Waals surface area contributed by atoms with Gasteiger partial charge < -0.3 is 16.4 Å². The van der Waals surface area contributed by atoms with Crippen molar-refractivity contribution in [3.05, 3.63) is 65.2 Å². The van der Waals surface area contributed by atoms with Gasteiger partial charge in [0.25, 0.3) is 0 Å². The zero-order valence-corrected chi connectivity index (χ0v) is 19.9. The first-order valence-electron chi connectivity index (χ1n) is 11.2. The fourth-order valence-corrected chi connectivity index (χ4v) is 6.09. The molecule has 4 N–H and O–H groups in total. The predicted octanol–water partition coefficient (Wildman–Crippen LogP) is 4.04. The summed E-state index contributed by atoms with van der Waals surface area (Å²) in [4.78, 5) is 25.8. The first-order chi connectivity index (χ1) is 16.5. The SMILES string of the molecule is Nc1nccc(Sc2ccc3nc(N4CCC5(CC4)Cc4ncccc4[C@@H]5N)cnc3n2)c1Cl. The highest BCUT2D eigenvalue weighted by atomic mass is 35.5. The van der Waals surface area contributed by atoms with Gasteiger partial charge in [-0.15, -0.1) is 0 Å². The molecule has 0 unspecified atom stereocenters. The minimum atomic E-state index is 0.0467. The summed E-state index contributed by atoms with van der Waals surface area (Å²) in [6.07, 6.45) is 8.28. The van der Waals surface area contributed by atoms with Crippen LogP contribution in [-0.4, -0.2) is 38.0 Å². The van der Waals surface area contributed by atoms with E-state index in [2.05, 4.69) is 30.9 Å². The normalized spacial score (nSPS) is 19.0. The maximum atomic E-state index is 6.69. The van der Waals surface area contributed by atoms with Crippen molar-refractivity contribution in [1.29, 1.82) is 0 Å². The predicted molar refractivity (Wildman–Crippen MR) is 134 cm³/mol. The first kappa shape index (κ1) is 21.5. The van der Waals surface area contributed by atoms with Crippen molar-refractivity contribution >= 4 is 46.2 Å². The van der Waals surface area contributed by atoms with Crippen molar-refractivity contribution in [2.24, 2.45) is 11.1 Å². The topological polar surface area (TPSA) is 120 Å². The van der Waals surface area contributed by atoms with Gasteiger partial charge in [-0.25, -0.2) is 19.9 Å². The van der Waals surface area contributed by atoms with Gasteiger partial charge in [-0.3, -0.25) is 4.98 Å². The van der Waals surface area contributed by atoms with Crippen molar-refractivity contribution in [2.75, 3.05) is 23.7 Å². The molecule has 34 heavy (non-hydrogen) atoms. The smallest absolute Gasteiger partial charge is 0.179 e. The number of fused-ring (bicyclic) bond motifs is 2. The van der Waals surface area contributed by atoms with E-state index in [0.29, 0.717) is 16.5 Å². The molecule has 10 heteroatoms. The van der Waals surface area contributed by atoms with E-state index in [1.165, 1.54) is 17.3 Å². The van der Waals surface area contributed by atoms with E-state index >= 15 is 0 Å². The molecule has 8 nitrogen and oxygen atoms in total. The third-order valence-corrected chi connectivity index (χ3v) is 8.49.